The van der Waals surface area contributed by atoms with Crippen molar-refractivity contribution in [2.45, 2.75) is 25.4 Å². The average Bonchev–Trinajstić information content (AvgIpc) is 3.19. The third-order valence-electron chi connectivity index (χ3n) is 6.78. The number of carbonyl (C=O) groups is 4. The first-order valence-electron chi connectivity index (χ1n) is 11.4. The number of nitrogens with zero attached hydrogens (tertiary/aromatic N) is 4. The van der Waals surface area contributed by atoms with Crippen LogP contribution in [0.5, 0.6) is 0 Å². The van der Waals surface area contributed by atoms with E-state index in [-0.39, 0.29) is 36.8 Å². The fourth-order valence-electron chi connectivity index (χ4n) is 4.98. The summed E-state index contributed by atoms with van der Waals surface area (Å²) >= 11 is 0. The number of nitrogens with one attached hydrogen (secondary N) is 1. The van der Waals surface area contributed by atoms with E-state index < -0.39 is 23.7 Å². The number of piperazine rings is 1. The molecule has 3 heterocycles. The highest BCUT2D eigenvalue weighted by Crippen LogP contribution is 2.35. The summed E-state index contributed by atoms with van der Waals surface area (Å²) in [7, 11) is 0. The highest BCUT2D eigenvalue weighted by Gasteiger charge is 2.41. The van der Waals surface area contributed by atoms with Crippen molar-refractivity contribution in [1.29, 1.82) is 5.26 Å². The topological polar surface area (TPSA) is 114 Å². The van der Waals surface area contributed by atoms with E-state index in [4.69, 9.17) is 0 Å². The van der Waals surface area contributed by atoms with Gasteiger partial charge in [-0.25, -0.2) is 4.39 Å². The van der Waals surface area contributed by atoms with Crippen LogP contribution in [0, 0.1) is 17.1 Å². The number of benzene rings is 2. The second-order valence-electron chi connectivity index (χ2n) is 8.79. The Morgan fingerprint density at radius 2 is 1.83 bits per heavy atom. The van der Waals surface area contributed by atoms with Gasteiger partial charge in [0.05, 0.1) is 17.2 Å². The number of imide groups is 1. The van der Waals surface area contributed by atoms with Gasteiger partial charge >= 0.3 is 0 Å². The molecule has 0 radical (unpaired) electrons. The van der Waals surface area contributed by atoms with Gasteiger partial charge in [0.25, 0.3) is 11.8 Å². The highest BCUT2D eigenvalue weighted by atomic mass is 19.1. The van der Waals surface area contributed by atoms with Gasteiger partial charge in [0.2, 0.25) is 11.8 Å². The normalized spacial score (nSPS) is 19.9. The Morgan fingerprint density at radius 1 is 1.09 bits per heavy atom. The summed E-state index contributed by atoms with van der Waals surface area (Å²) in [4.78, 5) is 54.9. The van der Waals surface area contributed by atoms with Gasteiger partial charge in [-0.3, -0.25) is 24.5 Å². The molecule has 1 N–H and O–H groups in total. The number of piperidine rings is 1. The first-order valence-corrected chi connectivity index (χ1v) is 11.4. The molecule has 0 aromatic heterocycles. The number of hydrogen-bond acceptors (Lipinski definition) is 6. The molecule has 3 aliphatic rings. The van der Waals surface area contributed by atoms with Crippen LogP contribution >= 0.6 is 0 Å². The van der Waals surface area contributed by atoms with Crippen LogP contribution in [0.2, 0.25) is 0 Å². The van der Waals surface area contributed by atoms with E-state index in [2.05, 4.69) is 5.32 Å². The molecule has 0 spiro atoms. The molecule has 35 heavy (non-hydrogen) atoms. The summed E-state index contributed by atoms with van der Waals surface area (Å²) in [5, 5.41) is 11.6. The fraction of sp³-hybridized carbons (Fsp3) is 0.320. The molecule has 4 amide bonds. The smallest absolute Gasteiger partial charge is 0.255 e. The molecule has 5 rings (SSSR count). The van der Waals surface area contributed by atoms with E-state index in [9.17, 15) is 28.8 Å². The van der Waals surface area contributed by atoms with Crippen molar-refractivity contribution in [3.63, 3.8) is 0 Å². The van der Waals surface area contributed by atoms with Gasteiger partial charge in [-0.15, -0.1) is 0 Å². The first-order chi connectivity index (χ1) is 16.9. The second-order valence-corrected chi connectivity index (χ2v) is 8.79. The maximum atomic E-state index is 14.5. The standard InChI is InChI=1S/C25H22FN5O4/c26-16-11-18-19(14-31(25(18)35)20-5-6-22(32)28-23(20)33)21(12-16)29-7-9-30(10-8-29)24(34)17-4-2-1-3-15(17)13-27/h1-4,11-12,20H,5-10,14H2,(H,28,32,33). The number of fused-ring (bicyclic) bond motifs is 1. The second kappa shape index (κ2) is 8.83. The Labute approximate surface area is 200 Å². The molecule has 0 saturated carbocycles. The Hall–Kier alpha value is -4.26. The average molecular weight is 475 g/mol. The van der Waals surface area contributed by atoms with Gasteiger partial charge in [0.15, 0.2) is 0 Å². The molecule has 3 aliphatic heterocycles. The molecule has 0 aliphatic carbocycles. The van der Waals surface area contributed by atoms with Crippen LogP contribution in [0.3, 0.4) is 0 Å². The van der Waals surface area contributed by atoms with E-state index >= 15 is 0 Å². The van der Waals surface area contributed by atoms with Gasteiger partial charge < -0.3 is 14.7 Å². The number of hydrogen-bond donors (Lipinski definition) is 1. The van der Waals surface area contributed by atoms with Crippen LogP contribution in [0.25, 0.3) is 0 Å². The highest BCUT2D eigenvalue weighted by molar-refractivity contribution is 6.06. The van der Waals surface area contributed by atoms with Crippen LogP contribution < -0.4 is 10.2 Å². The Balaban J connectivity index is 1.34. The minimum Gasteiger partial charge on any atom is -0.368 e. The van der Waals surface area contributed by atoms with Gasteiger partial charge in [-0.2, -0.15) is 5.26 Å². The monoisotopic (exact) mass is 475 g/mol. The maximum absolute atomic E-state index is 14.5. The zero-order chi connectivity index (χ0) is 24.7. The molecular weight excluding hydrogens is 453 g/mol. The quantitative estimate of drug-likeness (QED) is 0.672. The van der Waals surface area contributed by atoms with Gasteiger partial charge in [0, 0.05) is 56.0 Å². The molecule has 2 aromatic carbocycles. The first kappa shape index (κ1) is 22.5. The van der Waals surface area contributed by atoms with Gasteiger partial charge in [0.1, 0.15) is 11.9 Å². The van der Waals surface area contributed by atoms with Crippen LogP contribution in [0.4, 0.5) is 10.1 Å². The van der Waals surface area contributed by atoms with E-state index in [1.807, 2.05) is 11.0 Å². The molecule has 0 bridgehead atoms. The summed E-state index contributed by atoms with van der Waals surface area (Å²) < 4.78 is 14.5. The molecule has 2 saturated heterocycles. The lowest BCUT2D eigenvalue weighted by Crippen LogP contribution is -2.52. The predicted molar refractivity (Wildman–Crippen MR) is 122 cm³/mol. The van der Waals surface area contributed by atoms with E-state index in [0.29, 0.717) is 48.6 Å². The van der Waals surface area contributed by atoms with Crippen molar-refractivity contribution in [3.8, 4) is 6.07 Å². The number of anilines is 1. The summed E-state index contributed by atoms with van der Waals surface area (Å²) in [5.74, 6) is -2.11. The number of amides is 4. The molecule has 178 valence electrons. The zero-order valence-electron chi connectivity index (χ0n) is 18.8. The van der Waals surface area contributed by atoms with Crippen molar-refractivity contribution in [1.82, 2.24) is 15.1 Å². The lowest BCUT2D eigenvalue weighted by Gasteiger charge is -2.37. The Kier molecular flexibility index (Phi) is 5.68. The largest absolute Gasteiger partial charge is 0.368 e. The Morgan fingerprint density at radius 3 is 2.54 bits per heavy atom. The number of rotatable bonds is 3. The molecule has 10 heteroatoms. The van der Waals surface area contributed by atoms with Crippen molar-refractivity contribution < 1.29 is 23.6 Å². The van der Waals surface area contributed by atoms with E-state index in [0.717, 1.165) is 0 Å². The van der Waals surface area contributed by atoms with Crippen LogP contribution in [-0.2, 0) is 16.1 Å². The summed E-state index contributed by atoms with van der Waals surface area (Å²) in [6.45, 7) is 1.72. The molecule has 1 unspecified atom stereocenters. The molecule has 1 atom stereocenters. The lowest BCUT2D eigenvalue weighted by atomic mass is 10.0. The maximum Gasteiger partial charge on any atom is 0.255 e. The third kappa shape index (κ3) is 3.99. The van der Waals surface area contributed by atoms with Crippen LogP contribution in [0.15, 0.2) is 36.4 Å². The third-order valence-corrected chi connectivity index (χ3v) is 6.78. The van der Waals surface area contributed by atoms with Crippen LogP contribution in [-0.4, -0.2) is 65.6 Å². The van der Waals surface area contributed by atoms with Crippen molar-refractivity contribution in [2.24, 2.45) is 0 Å². The SMILES string of the molecule is N#Cc1ccccc1C(=O)N1CCN(c2cc(F)cc3c2CN(C2CCC(=O)NC2=O)C3=O)CC1. The fourth-order valence-corrected chi connectivity index (χ4v) is 4.98. The van der Waals surface area contributed by atoms with Gasteiger partial charge in [-0.1, -0.05) is 12.1 Å². The lowest BCUT2D eigenvalue weighted by molar-refractivity contribution is -0.136. The number of carbonyl (C=O) groups excluding carboxylic acids is 4. The molecule has 9 nitrogen and oxygen atoms in total. The zero-order valence-corrected chi connectivity index (χ0v) is 18.8. The molecule has 2 aromatic rings. The Bertz CT molecular complexity index is 1300. The molecular formula is C25H22FN5O4. The number of halogens is 1. The summed E-state index contributed by atoms with van der Waals surface area (Å²) in [5.41, 5.74) is 2.07. The van der Waals surface area contributed by atoms with Crippen molar-refractivity contribution in [3.05, 3.63) is 64.5 Å². The van der Waals surface area contributed by atoms with Gasteiger partial charge in [-0.05, 0) is 30.7 Å². The summed E-state index contributed by atoms with van der Waals surface area (Å²) in [6, 6.07) is 10.5. The van der Waals surface area contributed by atoms with Crippen LogP contribution in [0.1, 0.15) is 44.7 Å². The van der Waals surface area contributed by atoms with Crippen molar-refractivity contribution in [2.75, 3.05) is 31.1 Å². The minimum absolute atomic E-state index is 0.142. The van der Waals surface area contributed by atoms with Crippen molar-refractivity contribution >= 4 is 29.3 Å². The predicted octanol–water partition coefficient (Wildman–Crippen LogP) is 1.42. The van der Waals surface area contributed by atoms with E-state index in [1.165, 1.54) is 17.0 Å². The molecule has 2 fully saturated rings. The minimum atomic E-state index is -0.779. The summed E-state index contributed by atoms with van der Waals surface area (Å²) in [6.07, 6.45) is 0.371. The van der Waals surface area contributed by atoms with E-state index in [1.54, 1.807) is 29.2 Å². The number of nitriles is 1.